The molecule has 3 aromatic carbocycles. The lowest BCUT2D eigenvalue weighted by atomic mass is 9.76. The Bertz CT molecular complexity index is 1290. The zero-order valence-corrected chi connectivity index (χ0v) is 19.3. The van der Waals surface area contributed by atoms with Crippen LogP contribution in [0.25, 0.3) is 11.1 Å². The number of morpholine rings is 1. The summed E-state index contributed by atoms with van der Waals surface area (Å²) in [7, 11) is 0. The predicted molar refractivity (Wildman–Crippen MR) is 125 cm³/mol. The summed E-state index contributed by atoms with van der Waals surface area (Å²) in [6.07, 6.45) is -0.979. The highest BCUT2D eigenvalue weighted by molar-refractivity contribution is 5.79. The number of hydrogen-bond acceptors (Lipinski definition) is 4. The van der Waals surface area contributed by atoms with E-state index in [4.69, 9.17) is 9.47 Å². The topological polar surface area (TPSA) is 59.0 Å². The van der Waals surface area contributed by atoms with Gasteiger partial charge in [-0.3, -0.25) is 4.90 Å². The van der Waals surface area contributed by atoms with Crippen molar-refractivity contribution in [2.24, 2.45) is 0 Å². The molecule has 2 atom stereocenters. The first-order valence-corrected chi connectivity index (χ1v) is 11.9. The average molecular weight is 495 g/mol. The van der Waals surface area contributed by atoms with Crippen LogP contribution in [0.15, 0.2) is 60.7 Å². The third-order valence-electron chi connectivity index (χ3n) is 7.61. The molecule has 0 radical (unpaired) electrons. The van der Waals surface area contributed by atoms with Crippen LogP contribution in [0.4, 0.5) is 18.0 Å². The summed E-state index contributed by atoms with van der Waals surface area (Å²) < 4.78 is 54.3. The van der Waals surface area contributed by atoms with Crippen molar-refractivity contribution in [3.05, 3.63) is 94.8 Å². The van der Waals surface area contributed by atoms with Crippen LogP contribution in [0, 0.1) is 17.5 Å². The average Bonchev–Trinajstić information content (AvgIpc) is 3.18. The monoisotopic (exact) mass is 495 g/mol. The van der Waals surface area contributed by atoms with Gasteiger partial charge in [-0.2, -0.15) is 0 Å². The number of halogens is 3. The molecule has 8 heteroatoms. The second-order valence-electron chi connectivity index (χ2n) is 9.71. The lowest BCUT2D eigenvalue weighted by molar-refractivity contribution is -0.138. The molecule has 2 unspecified atom stereocenters. The standard InChI is InChI=1S/C28H24F3NO4/c29-23-9-10-24(30)26(31)25(23)28(34)11-16-13-35-14-17(12-28)32(16)27(33)36-15-22-20-7-3-1-5-18(20)19-6-2-4-8-21(19)22/h1-10,16-17,22,34H,11-15H2. The highest BCUT2D eigenvalue weighted by Crippen LogP contribution is 2.46. The fraction of sp³-hybridized carbons (Fsp3) is 0.321. The minimum atomic E-state index is -1.98. The van der Waals surface area contributed by atoms with Crippen LogP contribution in [0.3, 0.4) is 0 Å². The molecule has 1 aliphatic carbocycles. The summed E-state index contributed by atoms with van der Waals surface area (Å²) in [6.45, 7) is 0.268. The Hall–Kier alpha value is -3.36. The van der Waals surface area contributed by atoms with E-state index in [0.29, 0.717) is 6.07 Å². The number of ether oxygens (including phenoxy) is 2. The van der Waals surface area contributed by atoms with Gasteiger partial charge in [-0.1, -0.05) is 48.5 Å². The first kappa shape index (κ1) is 23.1. The molecule has 2 saturated heterocycles. The van der Waals surface area contributed by atoms with Crippen LogP contribution in [-0.4, -0.2) is 48.0 Å². The van der Waals surface area contributed by atoms with Crippen LogP contribution in [0.1, 0.15) is 35.4 Å². The molecular formula is C28H24F3NO4. The number of amides is 1. The number of aliphatic hydroxyl groups is 1. The zero-order valence-electron chi connectivity index (χ0n) is 19.3. The third kappa shape index (κ3) is 3.59. The number of hydrogen-bond donors (Lipinski definition) is 1. The van der Waals surface area contributed by atoms with Crippen molar-refractivity contribution in [2.75, 3.05) is 19.8 Å². The molecule has 36 heavy (non-hydrogen) atoms. The Kier molecular flexibility index (Phi) is 5.53. The Morgan fingerprint density at radius 1 is 0.917 bits per heavy atom. The number of rotatable bonds is 3. The summed E-state index contributed by atoms with van der Waals surface area (Å²) in [4.78, 5) is 14.8. The van der Waals surface area contributed by atoms with Gasteiger partial charge in [0, 0.05) is 18.8 Å². The molecular weight excluding hydrogens is 471 g/mol. The lowest BCUT2D eigenvalue weighted by Gasteiger charge is -2.51. The minimum absolute atomic E-state index is 0.0710. The molecule has 2 bridgehead atoms. The number of fused-ring (bicyclic) bond motifs is 5. The number of carbonyl (C=O) groups is 1. The Balaban J connectivity index is 1.23. The lowest BCUT2D eigenvalue weighted by Crippen LogP contribution is -2.63. The molecule has 186 valence electrons. The normalized spacial score (nSPS) is 24.8. The first-order valence-electron chi connectivity index (χ1n) is 11.9. The van der Waals surface area contributed by atoms with Gasteiger partial charge in [0.15, 0.2) is 11.6 Å². The Morgan fingerprint density at radius 3 is 2.08 bits per heavy atom. The van der Waals surface area contributed by atoms with Crippen molar-refractivity contribution in [2.45, 2.75) is 36.4 Å². The van der Waals surface area contributed by atoms with Crippen molar-refractivity contribution in [3.8, 4) is 11.1 Å². The van der Waals surface area contributed by atoms with Crippen LogP contribution < -0.4 is 0 Å². The highest BCUT2D eigenvalue weighted by Gasteiger charge is 2.51. The quantitative estimate of drug-likeness (QED) is 0.514. The highest BCUT2D eigenvalue weighted by atomic mass is 19.2. The van der Waals surface area contributed by atoms with E-state index >= 15 is 0 Å². The summed E-state index contributed by atoms with van der Waals surface area (Å²) in [6, 6.07) is 16.1. The summed E-state index contributed by atoms with van der Waals surface area (Å²) >= 11 is 0. The van der Waals surface area contributed by atoms with E-state index in [1.165, 1.54) is 4.90 Å². The molecule has 0 spiro atoms. The number of nitrogens with zero attached hydrogens (tertiary/aromatic N) is 1. The van der Waals surface area contributed by atoms with Crippen LogP contribution in [-0.2, 0) is 15.1 Å². The maximum Gasteiger partial charge on any atom is 0.410 e. The predicted octanol–water partition coefficient (Wildman–Crippen LogP) is 5.10. The molecule has 6 rings (SSSR count). The van der Waals surface area contributed by atoms with Gasteiger partial charge in [-0.05, 0) is 34.4 Å². The maximum atomic E-state index is 14.5. The van der Waals surface area contributed by atoms with Gasteiger partial charge in [0.05, 0.1) is 36.5 Å². The van der Waals surface area contributed by atoms with Gasteiger partial charge in [0.25, 0.3) is 0 Å². The van der Waals surface area contributed by atoms with Gasteiger partial charge in [0.1, 0.15) is 12.4 Å². The summed E-state index contributed by atoms with van der Waals surface area (Å²) in [5.41, 5.74) is 1.71. The largest absolute Gasteiger partial charge is 0.448 e. The van der Waals surface area contributed by atoms with Crippen LogP contribution in [0.5, 0.6) is 0 Å². The second kappa shape index (κ2) is 8.64. The van der Waals surface area contributed by atoms with E-state index in [1.54, 1.807) is 0 Å². The van der Waals surface area contributed by atoms with Crippen molar-refractivity contribution >= 4 is 6.09 Å². The zero-order chi connectivity index (χ0) is 25.0. The summed E-state index contributed by atoms with van der Waals surface area (Å²) in [5.74, 6) is -3.79. The van der Waals surface area contributed by atoms with Crippen molar-refractivity contribution in [1.82, 2.24) is 4.90 Å². The molecule has 5 nitrogen and oxygen atoms in total. The van der Waals surface area contributed by atoms with Gasteiger partial charge in [-0.25, -0.2) is 18.0 Å². The third-order valence-corrected chi connectivity index (χ3v) is 7.61. The number of benzene rings is 3. The van der Waals surface area contributed by atoms with Crippen LogP contribution >= 0.6 is 0 Å². The molecule has 0 aromatic heterocycles. The summed E-state index contributed by atoms with van der Waals surface area (Å²) in [5, 5.41) is 11.3. The van der Waals surface area contributed by atoms with Crippen molar-refractivity contribution in [3.63, 3.8) is 0 Å². The second-order valence-corrected chi connectivity index (χ2v) is 9.71. The first-order chi connectivity index (χ1) is 17.4. The Morgan fingerprint density at radius 2 is 1.47 bits per heavy atom. The fourth-order valence-corrected chi connectivity index (χ4v) is 6.10. The molecule has 2 heterocycles. The molecule has 2 aliphatic heterocycles. The van der Waals surface area contributed by atoms with Gasteiger partial charge in [-0.15, -0.1) is 0 Å². The maximum absolute atomic E-state index is 14.5. The minimum Gasteiger partial charge on any atom is -0.448 e. The SMILES string of the molecule is O=C(OCC1c2ccccc2-c2ccccc21)N1C2COCC1CC(O)(c1c(F)ccc(F)c1F)C2. The molecule has 3 aromatic rings. The molecule has 1 amide bonds. The molecule has 2 fully saturated rings. The number of carbonyl (C=O) groups excluding carboxylic acids is 1. The smallest absolute Gasteiger partial charge is 0.410 e. The molecule has 0 saturated carbocycles. The fourth-order valence-electron chi connectivity index (χ4n) is 6.10. The van der Waals surface area contributed by atoms with E-state index < -0.39 is 46.8 Å². The van der Waals surface area contributed by atoms with E-state index in [-0.39, 0.29) is 38.6 Å². The van der Waals surface area contributed by atoms with Gasteiger partial charge < -0.3 is 14.6 Å². The van der Waals surface area contributed by atoms with E-state index in [2.05, 4.69) is 0 Å². The van der Waals surface area contributed by atoms with E-state index in [9.17, 15) is 23.1 Å². The van der Waals surface area contributed by atoms with Gasteiger partial charge in [0.2, 0.25) is 0 Å². The Labute approximate surface area is 206 Å². The molecule has 1 N–H and O–H groups in total. The van der Waals surface area contributed by atoms with E-state index in [1.807, 2.05) is 48.5 Å². The molecule has 3 aliphatic rings. The van der Waals surface area contributed by atoms with Crippen molar-refractivity contribution in [1.29, 1.82) is 0 Å². The van der Waals surface area contributed by atoms with E-state index in [0.717, 1.165) is 28.3 Å². The van der Waals surface area contributed by atoms with Crippen LogP contribution in [0.2, 0.25) is 0 Å². The van der Waals surface area contributed by atoms with Gasteiger partial charge >= 0.3 is 6.09 Å². The number of piperidine rings is 1. The van der Waals surface area contributed by atoms with Crippen molar-refractivity contribution < 1.29 is 32.5 Å².